The molecule has 0 aliphatic rings. The van der Waals surface area contributed by atoms with Crippen molar-refractivity contribution < 1.29 is 22.8 Å². The molecule has 1 heterocycles. The molecule has 3 aromatic rings. The predicted molar refractivity (Wildman–Crippen MR) is 106 cm³/mol. The van der Waals surface area contributed by atoms with Gasteiger partial charge < -0.3 is 10.2 Å². The minimum atomic E-state index is -4.60. The first kappa shape index (κ1) is 21.1. The highest BCUT2D eigenvalue weighted by atomic mass is 19.4. The summed E-state index contributed by atoms with van der Waals surface area (Å²) in [7, 11) is 0. The number of aromatic amines is 1. The van der Waals surface area contributed by atoms with Crippen LogP contribution in [-0.4, -0.2) is 40.0 Å². The van der Waals surface area contributed by atoms with Crippen molar-refractivity contribution in [3.05, 3.63) is 71.9 Å². The number of hydrogen-bond donors (Lipinski definition) is 2. The number of carbonyl (C=O) groups excluding carboxylic acids is 2. The summed E-state index contributed by atoms with van der Waals surface area (Å²) in [5.74, 6) is -1.21. The number of amides is 2. The first-order valence-electron chi connectivity index (χ1n) is 9.15. The minimum absolute atomic E-state index is 0.180. The van der Waals surface area contributed by atoms with Gasteiger partial charge in [0.05, 0.1) is 16.9 Å². The molecule has 3 rings (SSSR count). The highest BCUT2D eigenvalue weighted by Gasteiger charge is 2.33. The number of alkyl halides is 3. The topological polar surface area (TPSA) is 78.1 Å². The third-order valence-corrected chi connectivity index (χ3v) is 4.39. The maximum absolute atomic E-state index is 13.1. The summed E-state index contributed by atoms with van der Waals surface area (Å²) in [6.45, 7) is 1.46. The molecule has 9 heteroatoms. The third kappa shape index (κ3) is 4.86. The van der Waals surface area contributed by atoms with Crippen LogP contribution in [0.2, 0.25) is 0 Å². The fourth-order valence-electron chi connectivity index (χ4n) is 2.89. The number of H-pyrrole nitrogens is 1. The molecule has 0 saturated carbocycles. The van der Waals surface area contributed by atoms with Crippen LogP contribution >= 0.6 is 0 Å². The Kier molecular flexibility index (Phi) is 6.20. The normalized spacial score (nSPS) is 11.2. The molecule has 2 N–H and O–H groups in total. The minimum Gasteiger partial charge on any atom is -0.328 e. The Morgan fingerprint density at radius 2 is 1.73 bits per heavy atom. The van der Waals surface area contributed by atoms with Gasteiger partial charge >= 0.3 is 6.18 Å². The lowest BCUT2D eigenvalue weighted by Gasteiger charge is -2.20. The lowest BCUT2D eigenvalue weighted by molar-refractivity contribution is -0.137. The monoisotopic (exact) mass is 416 g/mol. The molecule has 1 aromatic heterocycles. The first-order valence-corrected chi connectivity index (χ1v) is 9.15. The number of likely N-dealkylation sites (N-methyl/N-ethyl adjacent to an activating group) is 1. The van der Waals surface area contributed by atoms with Crippen molar-refractivity contribution in [3.8, 4) is 11.3 Å². The van der Waals surface area contributed by atoms with E-state index < -0.39 is 30.1 Å². The number of nitrogens with one attached hydrogen (secondary N) is 2. The van der Waals surface area contributed by atoms with Crippen LogP contribution in [0, 0.1) is 0 Å². The molecule has 156 valence electrons. The molecule has 0 radical (unpaired) electrons. The molecular weight excluding hydrogens is 397 g/mol. The number of hydrogen-bond acceptors (Lipinski definition) is 3. The number of halogens is 3. The van der Waals surface area contributed by atoms with Crippen molar-refractivity contribution in [1.29, 1.82) is 0 Å². The predicted octanol–water partition coefficient (Wildman–Crippen LogP) is 4.20. The molecule has 2 aromatic carbocycles. The van der Waals surface area contributed by atoms with Gasteiger partial charge in [0, 0.05) is 12.1 Å². The number of benzene rings is 2. The van der Waals surface area contributed by atoms with E-state index in [0.29, 0.717) is 5.69 Å². The highest BCUT2D eigenvalue weighted by Crippen LogP contribution is 2.34. The van der Waals surface area contributed by atoms with Crippen molar-refractivity contribution >= 4 is 17.5 Å². The molecule has 0 spiro atoms. The zero-order valence-electron chi connectivity index (χ0n) is 16.0. The van der Waals surface area contributed by atoms with E-state index in [1.807, 2.05) is 30.3 Å². The fourth-order valence-corrected chi connectivity index (χ4v) is 2.89. The lowest BCUT2D eigenvalue weighted by atomic mass is 10.1. The molecule has 30 heavy (non-hydrogen) atoms. The number of aromatic nitrogens is 2. The van der Waals surface area contributed by atoms with Gasteiger partial charge in [-0.05, 0) is 25.1 Å². The Bertz CT molecular complexity index is 1030. The van der Waals surface area contributed by atoms with Crippen LogP contribution in [-0.2, 0) is 11.0 Å². The number of anilines is 1. The Hall–Kier alpha value is -3.62. The van der Waals surface area contributed by atoms with E-state index in [1.165, 1.54) is 23.1 Å². The standard InChI is InChI=1S/C21H19F3N4O2/c1-2-28(13-19(29)25-16-11-7-6-10-15(16)21(22,23)24)20(30)18-12-17(26-27-18)14-8-4-3-5-9-14/h3-12H,2,13H2,1H3,(H,25,29)(H,26,27). The molecule has 0 saturated heterocycles. The van der Waals surface area contributed by atoms with Crippen LogP contribution in [0.25, 0.3) is 11.3 Å². The smallest absolute Gasteiger partial charge is 0.328 e. The average Bonchev–Trinajstić information content (AvgIpc) is 3.22. The Labute approximate surface area is 170 Å². The van der Waals surface area contributed by atoms with Crippen LogP contribution < -0.4 is 5.32 Å². The van der Waals surface area contributed by atoms with E-state index in [-0.39, 0.29) is 17.9 Å². The second kappa shape index (κ2) is 8.81. The fraction of sp³-hybridized carbons (Fsp3) is 0.190. The van der Waals surface area contributed by atoms with Crippen LogP contribution in [0.5, 0.6) is 0 Å². The summed E-state index contributed by atoms with van der Waals surface area (Å²) in [5, 5.41) is 9.00. The van der Waals surface area contributed by atoms with E-state index in [2.05, 4.69) is 15.5 Å². The van der Waals surface area contributed by atoms with Gasteiger partial charge in [0.1, 0.15) is 12.2 Å². The van der Waals surface area contributed by atoms with Gasteiger partial charge in [-0.15, -0.1) is 0 Å². The Balaban J connectivity index is 1.71. The Morgan fingerprint density at radius 1 is 1.07 bits per heavy atom. The SMILES string of the molecule is CCN(CC(=O)Nc1ccccc1C(F)(F)F)C(=O)c1cc(-c2ccccc2)n[nH]1. The second-order valence-corrected chi connectivity index (χ2v) is 6.44. The van der Waals surface area contributed by atoms with Gasteiger partial charge in [0.25, 0.3) is 5.91 Å². The maximum atomic E-state index is 13.1. The summed E-state index contributed by atoms with van der Waals surface area (Å²) in [6.07, 6.45) is -4.60. The van der Waals surface area contributed by atoms with Crippen LogP contribution in [0.3, 0.4) is 0 Å². The highest BCUT2D eigenvalue weighted by molar-refractivity contribution is 5.99. The van der Waals surface area contributed by atoms with E-state index in [9.17, 15) is 22.8 Å². The van der Waals surface area contributed by atoms with Gasteiger partial charge in [-0.2, -0.15) is 18.3 Å². The quantitative estimate of drug-likeness (QED) is 0.632. The van der Waals surface area contributed by atoms with Crippen molar-refractivity contribution in [2.75, 3.05) is 18.4 Å². The average molecular weight is 416 g/mol. The van der Waals surface area contributed by atoms with Crippen molar-refractivity contribution in [2.24, 2.45) is 0 Å². The molecule has 6 nitrogen and oxygen atoms in total. The molecule has 0 aliphatic carbocycles. The molecular formula is C21H19F3N4O2. The number of para-hydroxylation sites is 1. The van der Waals surface area contributed by atoms with Crippen molar-refractivity contribution in [3.63, 3.8) is 0 Å². The molecule has 2 amide bonds. The summed E-state index contributed by atoms with van der Waals surface area (Å²) in [5.41, 5.74) is 0.260. The summed E-state index contributed by atoms with van der Waals surface area (Å²) >= 11 is 0. The number of nitrogens with zero attached hydrogens (tertiary/aromatic N) is 2. The molecule has 0 aliphatic heterocycles. The largest absolute Gasteiger partial charge is 0.418 e. The maximum Gasteiger partial charge on any atom is 0.418 e. The zero-order chi connectivity index (χ0) is 21.7. The van der Waals surface area contributed by atoms with Gasteiger partial charge in [0.2, 0.25) is 5.91 Å². The molecule has 0 unspecified atom stereocenters. The lowest BCUT2D eigenvalue weighted by Crippen LogP contribution is -2.38. The second-order valence-electron chi connectivity index (χ2n) is 6.44. The molecule has 0 bridgehead atoms. The summed E-state index contributed by atoms with van der Waals surface area (Å²) in [6, 6.07) is 15.5. The van der Waals surface area contributed by atoms with Gasteiger partial charge in [-0.25, -0.2) is 0 Å². The van der Waals surface area contributed by atoms with Crippen LogP contribution in [0.15, 0.2) is 60.7 Å². The molecule has 0 atom stereocenters. The number of carbonyl (C=O) groups is 2. The summed E-state index contributed by atoms with van der Waals surface area (Å²) < 4.78 is 39.3. The van der Waals surface area contributed by atoms with Crippen molar-refractivity contribution in [2.45, 2.75) is 13.1 Å². The van der Waals surface area contributed by atoms with Gasteiger partial charge in [0.15, 0.2) is 0 Å². The van der Waals surface area contributed by atoms with E-state index in [4.69, 9.17) is 0 Å². The van der Waals surface area contributed by atoms with E-state index >= 15 is 0 Å². The van der Waals surface area contributed by atoms with Crippen LogP contribution in [0.1, 0.15) is 23.0 Å². The van der Waals surface area contributed by atoms with Crippen LogP contribution in [0.4, 0.5) is 18.9 Å². The molecule has 0 fully saturated rings. The summed E-state index contributed by atoms with van der Waals surface area (Å²) in [4.78, 5) is 26.3. The first-order chi connectivity index (χ1) is 14.3. The van der Waals surface area contributed by atoms with E-state index in [0.717, 1.165) is 11.6 Å². The van der Waals surface area contributed by atoms with Gasteiger partial charge in [-0.3, -0.25) is 14.7 Å². The van der Waals surface area contributed by atoms with Gasteiger partial charge in [-0.1, -0.05) is 42.5 Å². The third-order valence-electron chi connectivity index (χ3n) is 4.39. The van der Waals surface area contributed by atoms with E-state index in [1.54, 1.807) is 13.0 Å². The number of rotatable bonds is 6. The van der Waals surface area contributed by atoms with Crippen molar-refractivity contribution in [1.82, 2.24) is 15.1 Å². The Morgan fingerprint density at radius 3 is 2.40 bits per heavy atom. The zero-order valence-corrected chi connectivity index (χ0v) is 16.0.